The monoisotopic (exact) mass is 461 g/mol. The van der Waals surface area contributed by atoms with Gasteiger partial charge in [-0.1, -0.05) is 29.3 Å². The molecule has 2 aromatic carbocycles. The van der Waals surface area contributed by atoms with Gasteiger partial charge < -0.3 is 19.9 Å². The molecule has 2 aromatic rings. The van der Waals surface area contributed by atoms with Gasteiger partial charge in [0.25, 0.3) is 0 Å². The van der Waals surface area contributed by atoms with E-state index in [1.807, 2.05) is 6.07 Å². The lowest BCUT2D eigenvalue weighted by atomic mass is 9.73. The number of amides is 1. The van der Waals surface area contributed by atoms with Gasteiger partial charge in [0.15, 0.2) is 17.3 Å². The summed E-state index contributed by atoms with van der Waals surface area (Å²) in [6.07, 6.45) is 0.933. The van der Waals surface area contributed by atoms with Crippen LogP contribution in [-0.2, 0) is 9.59 Å². The number of halogens is 2. The van der Waals surface area contributed by atoms with E-state index >= 15 is 0 Å². The zero-order chi connectivity index (χ0) is 22.3. The van der Waals surface area contributed by atoms with Crippen molar-refractivity contribution in [2.75, 3.05) is 14.2 Å². The van der Waals surface area contributed by atoms with Crippen LogP contribution in [0.5, 0.6) is 17.2 Å². The van der Waals surface area contributed by atoms with Crippen molar-refractivity contribution in [1.82, 2.24) is 5.32 Å². The molecule has 162 valence electrons. The minimum Gasteiger partial charge on any atom is -0.502 e. The summed E-state index contributed by atoms with van der Waals surface area (Å²) in [4.78, 5) is 25.8. The molecule has 0 aromatic heterocycles. The van der Waals surface area contributed by atoms with Crippen molar-refractivity contribution in [2.45, 2.75) is 31.1 Å². The van der Waals surface area contributed by atoms with Crippen molar-refractivity contribution in [3.8, 4) is 17.2 Å². The fourth-order valence-corrected chi connectivity index (χ4v) is 4.67. The molecule has 4 rings (SSSR count). The SMILES string of the molecule is COc1cc(C2CC(=O)NC3=C2C(=O)CC(c2ccc(Cl)c(Cl)c2)C3)cc(OC)c1O. The molecule has 2 atom stereocenters. The number of hydrogen-bond donors (Lipinski definition) is 2. The molecule has 0 radical (unpaired) electrons. The fraction of sp³-hybridized carbons (Fsp3) is 0.304. The van der Waals surface area contributed by atoms with Crippen LogP contribution >= 0.6 is 23.2 Å². The fourth-order valence-electron chi connectivity index (χ4n) is 4.36. The van der Waals surface area contributed by atoms with Crippen LogP contribution in [0, 0.1) is 0 Å². The van der Waals surface area contributed by atoms with E-state index in [1.54, 1.807) is 24.3 Å². The molecule has 6 nitrogen and oxygen atoms in total. The predicted molar refractivity (Wildman–Crippen MR) is 117 cm³/mol. The number of carbonyl (C=O) groups is 2. The highest BCUT2D eigenvalue weighted by atomic mass is 35.5. The van der Waals surface area contributed by atoms with Crippen LogP contribution in [0.25, 0.3) is 0 Å². The molecule has 1 aliphatic heterocycles. The van der Waals surface area contributed by atoms with E-state index in [9.17, 15) is 14.7 Å². The number of phenolic OH excluding ortho intramolecular Hbond substituents is 1. The number of phenols is 1. The summed E-state index contributed by atoms with van der Waals surface area (Å²) in [5, 5.41) is 14.0. The molecule has 0 saturated carbocycles. The van der Waals surface area contributed by atoms with Crippen molar-refractivity contribution in [2.24, 2.45) is 0 Å². The van der Waals surface area contributed by atoms with Gasteiger partial charge in [0, 0.05) is 30.0 Å². The van der Waals surface area contributed by atoms with Crippen LogP contribution in [0.4, 0.5) is 0 Å². The zero-order valence-electron chi connectivity index (χ0n) is 17.0. The van der Waals surface area contributed by atoms with E-state index in [-0.39, 0.29) is 41.3 Å². The van der Waals surface area contributed by atoms with Crippen LogP contribution in [0.1, 0.15) is 42.2 Å². The Hall–Kier alpha value is -2.70. The van der Waals surface area contributed by atoms with Gasteiger partial charge in [-0.15, -0.1) is 0 Å². The van der Waals surface area contributed by atoms with Gasteiger partial charge in [0.05, 0.1) is 24.3 Å². The highest BCUT2D eigenvalue weighted by molar-refractivity contribution is 6.42. The maximum atomic E-state index is 13.3. The minimum absolute atomic E-state index is 0.0340. The lowest BCUT2D eigenvalue weighted by Gasteiger charge is -2.34. The predicted octanol–water partition coefficient (Wildman–Crippen LogP) is 4.72. The minimum atomic E-state index is -0.450. The number of allylic oxidation sites excluding steroid dienone is 2. The van der Waals surface area contributed by atoms with Crippen LogP contribution in [-0.4, -0.2) is 31.0 Å². The maximum absolute atomic E-state index is 13.3. The molecule has 0 saturated heterocycles. The van der Waals surface area contributed by atoms with Crippen LogP contribution in [0.2, 0.25) is 10.0 Å². The third-order valence-corrected chi connectivity index (χ3v) is 6.59. The third kappa shape index (κ3) is 3.98. The quantitative estimate of drug-likeness (QED) is 0.687. The van der Waals surface area contributed by atoms with Crippen molar-refractivity contribution in [1.29, 1.82) is 0 Å². The number of carbonyl (C=O) groups excluding carboxylic acids is 2. The Morgan fingerprint density at radius 1 is 0.935 bits per heavy atom. The van der Waals surface area contributed by atoms with Crippen molar-refractivity contribution < 1.29 is 24.2 Å². The Labute approximate surface area is 189 Å². The second-order valence-electron chi connectivity index (χ2n) is 7.67. The number of nitrogens with one attached hydrogen (secondary N) is 1. The van der Waals surface area contributed by atoms with E-state index in [4.69, 9.17) is 32.7 Å². The molecule has 0 bridgehead atoms. The molecule has 1 heterocycles. The lowest BCUT2D eigenvalue weighted by molar-refractivity contribution is -0.122. The number of rotatable bonds is 4. The van der Waals surface area contributed by atoms with Crippen molar-refractivity contribution in [3.63, 3.8) is 0 Å². The number of benzene rings is 2. The number of methoxy groups -OCH3 is 2. The number of aromatic hydroxyl groups is 1. The standard InChI is InChI=1S/C23H21Cl2NO5/c1-30-19-8-13(9-20(31-2)23(19)29)14-10-21(28)26-17-6-12(7-18(27)22(14)17)11-3-4-15(24)16(25)5-11/h3-5,8-9,12,14,29H,6-7,10H2,1-2H3,(H,26,28). The average Bonchev–Trinajstić information content (AvgIpc) is 2.74. The lowest BCUT2D eigenvalue weighted by Crippen LogP contribution is -2.38. The molecule has 31 heavy (non-hydrogen) atoms. The second-order valence-corrected chi connectivity index (χ2v) is 8.49. The Morgan fingerprint density at radius 3 is 2.23 bits per heavy atom. The van der Waals surface area contributed by atoms with Crippen LogP contribution < -0.4 is 14.8 Å². The molecular formula is C23H21Cl2NO5. The molecule has 1 amide bonds. The van der Waals surface area contributed by atoms with E-state index in [1.165, 1.54) is 14.2 Å². The van der Waals surface area contributed by atoms with Crippen molar-refractivity contribution >= 4 is 34.9 Å². The highest BCUT2D eigenvalue weighted by Crippen LogP contribution is 2.46. The molecule has 2 unspecified atom stereocenters. The van der Waals surface area contributed by atoms with E-state index in [0.717, 1.165) is 5.56 Å². The van der Waals surface area contributed by atoms with Gasteiger partial charge in [0.2, 0.25) is 11.7 Å². The first-order valence-electron chi connectivity index (χ1n) is 9.78. The summed E-state index contributed by atoms with van der Waals surface area (Å²) in [6.45, 7) is 0. The third-order valence-electron chi connectivity index (χ3n) is 5.86. The second kappa shape index (κ2) is 8.44. The molecule has 1 aliphatic carbocycles. The average molecular weight is 462 g/mol. The number of hydrogen-bond acceptors (Lipinski definition) is 5. The van der Waals surface area contributed by atoms with Crippen LogP contribution in [0.15, 0.2) is 41.6 Å². The first-order valence-corrected chi connectivity index (χ1v) is 10.5. The Bertz CT molecular complexity index is 1090. The molecular weight excluding hydrogens is 441 g/mol. The first kappa shape index (κ1) is 21.5. The Balaban J connectivity index is 1.75. The maximum Gasteiger partial charge on any atom is 0.225 e. The largest absolute Gasteiger partial charge is 0.502 e. The van der Waals surface area contributed by atoms with E-state index in [0.29, 0.717) is 39.7 Å². The van der Waals surface area contributed by atoms with Gasteiger partial charge >= 0.3 is 0 Å². The van der Waals surface area contributed by atoms with E-state index < -0.39 is 5.92 Å². The zero-order valence-corrected chi connectivity index (χ0v) is 18.5. The smallest absolute Gasteiger partial charge is 0.225 e. The molecule has 8 heteroatoms. The molecule has 2 aliphatic rings. The van der Waals surface area contributed by atoms with Gasteiger partial charge in [-0.05, 0) is 47.7 Å². The van der Waals surface area contributed by atoms with Gasteiger partial charge in [-0.3, -0.25) is 9.59 Å². The molecule has 0 spiro atoms. The summed E-state index contributed by atoms with van der Waals surface area (Å²) in [7, 11) is 2.87. The Kier molecular flexibility index (Phi) is 5.86. The van der Waals surface area contributed by atoms with Gasteiger partial charge in [-0.2, -0.15) is 0 Å². The normalized spacial score (nSPS) is 20.9. The summed E-state index contributed by atoms with van der Waals surface area (Å²) in [6, 6.07) is 8.62. The number of Topliss-reactive ketones (excluding diaryl/α,β-unsaturated/α-hetero) is 1. The summed E-state index contributed by atoms with van der Waals surface area (Å²) in [5.41, 5.74) is 2.79. The summed E-state index contributed by atoms with van der Waals surface area (Å²) < 4.78 is 10.5. The van der Waals surface area contributed by atoms with Gasteiger partial charge in [-0.25, -0.2) is 0 Å². The molecule has 0 fully saturated rings. The topological polar surface area (TPSA) is 84.9 Å². The Morgan fingerprint density at radius 2 is 1.61 bits per heavy atom. The van der Waals surface area contributed by atoms with E-state index in [2.05, 4.69) is 5.32 Å². The van der Waals surface area contributed by atoms with Crippen LogP contribution in [0.3, 0.4) is 0 Å². The number of ether oxygens (including phenoxy) is 2. The van der Waals surface area contributed by atoms with Gasteiger partial charge in [0.1, 0.15) is 0 Å². The summed E-state index contributed by atoms with van der Waals surface area (Å²) >= 11 is 12.2. The number of ketones is 1. The summed E-state index contributed by atoms with van der Waals surface area (Å²) in [5.74, 6) is -0.444. The highest BCUT2D eigenvalue weighted by Gasteiger charge is 2.38. The first-order chi connectivity index (χ1) is 14.8. The van der Waals surface area contributed by atoms with Crippen molar-refractivity contribution in [3.05, 3.63) is 62.8 Å². The molecule has 2 N–H and O–H groups in total.